The molecule has 0 spiro atoms. The molecule has 1 unspecified atom stereocenters. The second-order valence-electron chi connectivity index (χ2n) is 8.55. The van der Waals surface area contributed by atoms with Crippen molar-refractivity contribution in [3.63, 3.8) is 0 Å². The number of hydrogen-bond donors (Lipinski definition) is 2. The van der Waals surface area contributed by atoms with Crippen molar-refractivity contribution in [3.05, 3.63) is 69.6 Å². The van der Waals surface area contributed by atoms with Crippen LogP contribution in [0.4, 0.5) is 10.1 Å². The number of rotatable bonds is 9. The predicted octanol–water partition coefficient (Wildman–Crippen LogP) is 4.66. The van der Waals surface area contributed by atoms with Gasteiger partial charge in [0.25, 0.3) is 5.56 Å². The first kappa shape index (κ1) is 23.8. The molecule has 1 atom stereocenters. The molecule has 1 heterocycles. The number of pyridine rings is 1. The summed E-state index contributed by atoms with van der Waals surface area (Å²) >= 11 is 0. The van der Waals surface area contributed by atoms with Crippen LogP contribution in [0, 0.1) is 0 Å². The van der Waals surface area contributed by atoms with E-state index in [1.54, 1.807) is 49.2 Å². The summed E-state index contributed by atoms with van der Waals surface area (Å²) < 4.78 is 26.5. The van der Waals surface area contributed by atoms with Gasteiger partial charge in [-0.15, -0.1) is 0 Å². The minimum atomic E-state index is -0.695. The van der Waals surface area contributed by atoms with Crippen molar-refractivity contribution < 1.29 is 19.0 Å². The number of fused-ring (bicyclic) bond motifs is 1. The number of hydrogen-bond acceptors (Lipinski definition) is 5. The largest absolute Gasteiger partial charge is 0.497 e. The molecule has 0 amide bonds. The van der Waals surface area contributed by atoms with E-state index in [1.807, 2.05) is 19.1 Å². The highest BCUT2D eigenvalue weighted by molar-refractivity contribution is 5.72. The summed E-state index contributed by atoms with van der Waals surface area (Å²) in [6, 6.07) is 10.9. The van der Waals surface area contributed by atoms with Gasteiger partial charge in [0.05, 0.1) is 26.0 Å². The molecule has 1 aliphatic carbocycles. The Hall–Kier alpha value is -3.32. The molecule has 0 fully saturated rings. The molecule has 2 aromatic carbocycles. The lowest BCUT2D eigenvalue weighted by Crippen LogP contribution is -2.24. The summed E-state index contributed by atoms with van der Waals surface area (Å²) in [7, 11) is 3.21. The van der Waals surface area contributed by atoms with E-state index in [0.29, 0.717) is 42.1 Å². The number of halogens is 1. The predicted molar refractivity (Wildman–Crippen MR) is 132 cm³/mol. The molecule has 0 saturated heterocycles. The van der Waals surface area contributed by atoms with Crippen molar-refractivity contribution in [2.24, 2.45) is 0 Å². The van der Waals surface area contributed by atoms with Gasteiger partial charge in [-0.05, 0) is 61.1 Å². The van der Waals surface area contributed by atoms with E-state index >= 15 is 0 Å². The van der Waals surface area contributed by atoms with Crippen LogP contribution < -0.4 is 20.3 Å². The Morgan fingerprint density at radius 1 is 1.09 bits per heavy atom. The molecular weight excluding hydrogens is 435 g/mol. The Labute approximate surface area is 199 Å². The van der Waals surface area contributed by atoms with Gasteiger partial charge >= 0.3 is 0 Å². The number of anilines is 1. The smallest absolute Gasteiger partial charge is 0.258 e. The van der Waals surface area contributed by atoms with E-state index in [4.69, 9.17) is 9.47 Å². The lowest BCUT2D eigenvalue weighted by molar-refractivity contribution is 0.183. The summed E-state index contributed by atoms with van der Waals surface area (Å²) in [6.45, 7) is 1.58. The lowest BCUT2D eigenvalue weighted by atomic mass is 9.98. The number of methoxy groups -OCH3 is 2. The number of aliphatic hydroxyl groups is 1. The molecule has 34 heavy (non-hydrogen) atoms. The van der Waals surface area contributed by atoms with Gasteiger partial charge in [-0.2, -0.15) is 0 Å². The minimum Gasteiger partial charge on any atom is -0.497 e. The van der Waals surface area contributed by atoms with Crippen LogP contribution in [-0.4, -0.2) is 36.5 Å². The molecule has 2 N–H and O–H groups in total. The van der Waals surface area contributed by atoms with Crippen molar-refractivity contribution in [3.8, 4) is 28.3 Å². The topological polar surface area (TPSA) is 72.7 Å². The van der Waals surface area contributed by atoms with E-state index in [1.165, 1.54) is 0 Å². The normalized spacial score (nSPS) is 13.4. The zero-order chi connectivity index (χ0) is 24.2. The monoisotopic (exact) mass is 466 g/mol. The van der Waals surface area contributed by atoms with Crippen LogP contribution >= 0.6 is 0 Å². The number of alkyl halides is 1. The number of benzene rings is 2. The Bertz CT molecular complexity index is 1220. The standard InChI is InChI=1S/C27H31FN2O4/c1-4-20(31)15-29-19-9-8-17(14-28)26(12-19)30-16-25(23-6-5-7-24(23)27(30)32)18-10-21(33-2)13-22(11-18)34-3/h8-13,16,20,29,31H,4-7,14-15H2,1-3H3. The maximum Gasteiger partial charge on any atom is 0.258 e. The molecule has 3 aromatic rings. The molecule has 7 heteroatoms. The first-order chi connectivity index (χ1) is 16.5. The Morgan fingerprint density at radius 2 is 1.79 bits per heavy atom. The maximum absolute atomic E-state index is 14.0. The SMILES string of the molecule is CCC(O)CNc1ccc(CF)c(-n2cc(-c3cc(OC)cc(OC)c3)c3c(c2=O)CCC3)c1. The highest BCUT2D eigenvalue weighted by Crippen LogP contribution is 2.36. The van der Waals surface area contributed by atoms with E-state index in [-0.39, 0.29) is 5.56 Å². The van der Waals surface area contributed by atoms with Crippen molar-refractivity contribution in [2.75, 3.05) is 26.1 Å². The fraction of sp³-hybridized carbons (Fsp3) is 0.370. The average Bonchev–Trinajstić information content (AvgIpc) is 3.37. The third-order valence-electron chi connectivity index (χ3n) is 6.44. The summed E-state index contributed by atoms with van der Waals surface area (Å²) in [5, 5.41) is 13.1. The molecule has 1 aliphatic rings. The fourth-order valence-corrected chi connectivity index (χ4v) is 4.47. The Kier molecular flexibility index (Phi) is 7.22. The van der Waals surface area contributed by atoms with E-state index < -0.39 is 12.8 Å². The van der Waals surface area contributed by atoms with Crippen molar-refractivity contribution in [1.82, 2.24) is 4.57 Å². The van der Waals surface area contributed by atoms with Gasteiger partial charge in [-0.3, -0.25) is 9.36 Å². The van der Waals surface area contributed by atoms with Crippen LogP contribution in [0.5, 0.6) is 11.5 Å². The van der Waals surface area contributed by atoms with Gasteiger partial charge in [0.2, 0.25) is 0 Å². The lowest BCUT2D eigenvalue weighted by Gasteiger charge is -2.18. The van der Waals surface area contributed by atoms with Crippen LogP contribution in [0.3, 0.4) is 0 Å². The van der Waals surface area contributed by atoms with Crippen LogP contribution in [0.2, 0.25) is 0 Å². The molecule has 0 saturated carbocycles. The second-order valence-corrected chi connectivity index (χ2v) is 8.55. The third kappa shape index (κ3) is 4.66. The van der Waals surface area contributed by atoms with Gasteiger partial charge in [0, 0.05) is 41.2 Å². The molecule has 6 nitrogen and oxygen atoms in total. The highest BCUT2D eigenvalue weighted by Gasteiger charge is 2.23. The van der Waals surface area contributed by atoms with Gasteiger partial charge in [0.1, 0.15) is 18.2 Å². The van der Waals surface area contributed by atoms with E-state index in [9.17, 15) is 14.3 Å². The van der Waals surface area contributed by atoms with Crippen LogP contribution in [0.25, 0.3) is 16.8 Å². The quantitative estimate of drug-likeness (QED) is 0.480. The number of nitrogens with zero attached hydrogens (tertiary/aromatic N) is 1. The first-order valence-corrected chi connectivity index (χ1v) is 11.6. The van der Waals surface area contributed by atoms with Crippen molar-refractivity contribution in [1.29, 1.82) is 0 Å². The molecule has 180 valence electrons. The van der Waals surface area contributed by atoms with Gasteiger partial charge in [-0.25, -0.2) is 4.39 Å². The molecule has 4 rings (SSSR count). The van der Waals surface area contributed by atoms with Crippen LogP contribution in [0.15, 0.2) is 47.4 Å². The Balaban J connectivity index is 1.89. The number of ether oxygens (including phenoxy) is 2. The van der Waals surface area contributed by atoms with Gasteiger partial charge < -0.3 is 19.9 Å². The van der Waals surface area contributed by atoms with E-state index in [2.05, 4.69) is 5.32 Å². The second kappa shape index (κ2) is 10.3. The number of aromatic nitrogens is 1. The van der Waals surface area contributed by atoms with Crippen molar-refractivity contribution >= 4 is 5.69 Å². The van der Waals surface area contributed by atoms with Gasteiger partial charge in [0.15, 0.2) is 0 Å². The Morgan fingerprint density at radius 3 is 2.44 bits per heavy atom. The zero-order valence-corrected chi connectivity index (χ0v) is 19.9. The van der Waals surface area contributed by atoms with Crippen LogP contribution in [-0.2, 0) is 19.5 Å². The molecule has 0 aliphatic heterocycles. The third-order valence-corrected chi connectivity index (χ3v) is 6.44. The summed E-state index contributed by atoms with van der Waals surface area (Å²) in [5.74, 6) is 1.31. The fourth-order valence-electron chi connectivity index (χ4n) is 4.47. The molecule has 0 radical (unpaired) electrons. The summed E-state index contributed by atoms with van der Waals surface area (Å²) in [6.07, 6.45) is 4.35. The average molecular weight is 467 g/mol. The summed E-state index contributed by atoms with van der Waals surface area (Å²) in [5.41, 5.74) is 5.11. The van der Waals surface area contributed by atoms with E-state index in [0.717, 1.165) is 40.8 Å². The maximum atomic E-state index is 14.0. The molecule has 0 bridgehead atoms. The zero-order valence-electron chi connectivity index (χ0n) is 19.9. The van der Waals surface area contributed by atoms with Gasteiger partial charge in [-0.1, -0.05) is 13.0 Å². The molecular formula is C27H31FN2O4. The number of aliphatic hydroxyl groups excluding tert-OH is 1. The highest BCUT2D eigenvalue weighted by atomic mass is 19.1. The first-order valence-electron chi connectivity index (χ1n) is 11.6. The summed E-state index contributed by atoms with van der Waals surface area (Å²) in [4.78, 5) is 13.5. The minimum absolute atomic E-state index is 0.119. The van der Waals surface area contributed by atoms with Crippen LogP contribution in [0.1, 0.15) is 36.5 Å². The van der Waals surface area contributed by atoms with Crippen molar-refractivity contribution in [2.45, 2.75) is 45.4 Å². The molecule has 1 aromatic heterocycles. The number of nitrogens with one attached hydrogen (secondary N) is 1.